The fraction of sp³-hybridized carbons (Fsp3) is 0.667. The predicted octanol–water partition coefficient (Wildman–Crippen LogP) is 0.527. The first kappa shape index (κ1) is 15.0. The van der Waals surface area contributed by atoms with Crippen molar-refractivity contribution in [3.63, 3.8) is 0 Å². The molecule has 1 aromatic rings. The van der Waals surface area contributed by atoms with Crippen LogP contribution < -0.4 is 15.0 Å². The van der Waals surface area contributed by atoms with E-state index in [1.165, 1.54) is 0 Å². The molecule has 1 aromatic heterocycles. The van der Waals surface area contributed by atoms with Gasteiger partial charge < -0.3 is 19.7 Å². The summed E-state index contributed by atoms with van der Waals surface area (Å²) >= 11 is 0. The summed E-state index contributed by atoms with van der Waals surface area (Å²) < 4.78 is 11.0. The number of nitrogens with zero attached hydrogens (tertiary/aromatic N) is 3. The Morgan fingerprint density at radius 2 is 2.18 bits per heavy atom. The van der Waals surface area contributed by atoms with E-state index in [1.54, 1.807) is 0 Å². The second-order valence-electron chi connectivity index (χ2n) is 5.62. The Kier molecular flexibility index (Phi) is 4.72. The van der Waals surface area contributed by atoms with E-state index in [-0.39, 0.29) is 11.8 Å². The van der Waals surface area contributed by atoms with Crippen molar-refractivity contribution in [2.75, 3.05) is 44.4 Å². The average Bonchev–Trinajstić information content (AvgIpc) is 3.37. The van der Waals surface area contributed by atoms with Crippen molar-refractivity contribution in [1.82, 2.24) is 15.3 Å². The quantitative estimate of drug-likeness (QED) is 0.773. The van der Waals surface area contributed by atoms with Crippen LogP contribution in [0.15, 0.2) is 6.07 Å². The zero-order chi connectivity index (χ0) is 15.4. The van der Waals surface area contributed by atoms with Crippen molar-refractivity contribution in [2.45, 2.75) is 19.8 Å². The summed E-state index contributed by atoms with van der Waals surface area (Å²) in [6.45, 7) is 5.86. The first-order valence-corrected chi connectivity index (χ1v) is 7.81. The minimum absolute atomic E-state index is 0.136. The minimum Gasteiger partial charge on any atom is -0.476 e. The number of ether oxygens (including phenoxy) is 2. The van der Waals surface area contributed by atoms with Crippen LogP contribution in [-0.2, 0) is 9.53 Å². The summed E-state index contributed by atoms with van der Waals surface area (Å²) in [5, 5.41) is 2.87. The molecule has 1 N–H and O–H groups in total. The molecule has 0 bridgehead atoms. The number of rotatable bonds is 6. The Labute approximate surface area is 130 Å². The van der Waals surface area contributed by atoms with Gasteiger partial charge in [-0.15, -0.1) is 0 Å². The molecule has 2 aliphatic rings. The third kappa shape index (κ3) is 4.07. The smallest absolute Gasteiger partial charge is 0.223 e. The van der Waals surface area contributed by atoms with Crippen molar-refractivity contribution in [2.24, 2.45) is 5.92 Å². The Hall–Kier alpha value is -1.89. The topological polar surface area (TPSA) is 76.6 Å². The molecule has 0 atom stereocenters. The van der Waals surface area contributed by atoms with E-state index in [2.05, 4.69) is 20.2 Å². The normalized spacial score (nSPS) is 18.1. The number of amides is 1. The molecule has 1 saturated heterocycles. The first-order chi connectivity index (χ1) is 10.7. The van der Waals surface area contributed by atoms with E-state index in [0.29, 0.717) is 38.1 Å². The highest BCUT2D eigenvalue weighted by Gasteiger charge is 2.29. The van der Waals surface area contributed by atoms with Gasteiger partial charge in [-0.3, -0.25) is 4.79 Å². The third-order valence-corrected chi connectivity index (χ3v) is 3.74. The Bertz CT molecular complexity index is 528. The van der Waals surface area contributed by atoms with Crippen LogP contribution in [0.2, 0.25) is 0 Å². The van der Waals surface area contributed by atoms with Gasteiger partial charge in [-0.05, 0) is 19.8 Å². The number of hydrogen-bond donors (Lipinski definition) is 1. The van der Waals surface area contributed by atoms with Gasteiger partial charge in [0.1, 0.15) is 18.2 Å². The fourth-order valence-corrected chi connectivity index (χ4v) is 2.37. The van der Waals surface area contributed by atoms with Gasteiger partial charge in [-0.1, -0.05) is 0 Å². The maximum atomic E-state index is 11.5. The van der Waals surface area contributed by atoms with E-state index in [9.17, 15) is 4.79 Å². The van der Waals surface area contributed by atoms with Crippen molar-refractivity contribution < 1.29 is 14.3 Å². The average molecular weight is 306 g/mol. The van der Waals surface area contributed by atoms with E-state index >= 15 is 0 Å². The Morgan fingerprint density at radius 3 is 2.91 bits per heavy atom. The largest absolute Gasteiger partial charge is 0.476 e. The van der Waals surface area contributed by atoms with Crippen LogP contribution in [0.1, 0.15) is 18.7 Å². The zero-order valence-corrected chi connectivity index (χ0v) is 12.9. The lowest BCUT2D eigenvalue weighted by atomic mass is 10.4. The summed E-state index contributed by atoms with van der Waals surface area (Å²) in [6, 6.07) is 1.85. The second kappa shape index (κ2) is 6.91. The number of nitrogens with one attached hydrogen (secondary N) is 1. The van der Waals surface area contributed by atoms with Gasteiger partial charge in [0.15, 0.2) is 0 Å². The lowest BCUT2D eigenvalue weighted by Crippen LogP contribution is -2.37. The summed E-state index contributed by atoms with van der Waals surface area (Å²) in [5.41, 5.74) is 0. The number of aromatic nitrogens is 2. The van der Waals surface area contributed by atoms with E-state index in [0.717, 1.165) is 31.7 Å². The number of morpholine rings is 1. The lowest BCUT2D eigenvalue weighted by molar-refractivity contribution is -0.122. The van der Waals surface area contributed by atoms with Gasteiger partial charge in [0.05, 0.1) is 19.8 Å². The maximum absolute atomic E-state index is 11.5. The zero-order valence-electron chi connectivity index (χ0n) is 12.9. The molecular weight excluding hydrogens is 284 g/mol. The molecule has 1 aliphatic heterocycles. The van der Waals surface area contributed by atoms with Gasteiger partial charge in [-0.2, -0.15) is 4.98 Å². The van der Waals surface area contributed by atoms with E-state index in [4.69, 9.17) is 9.47 Å². The van der Waals surface area contributed by atoms with Gasteiger partial charge in [0.25, 0.3) is 0 Å². The number of hydrogen-bond acceptors (Lipinski definition) is 6. The van der Waals surface area contributed by atoms with Gasteiger partial charge in [0.2, 0.25) is 11.8 Å². The molecule has 3 rings (SSSR count). The standard InChI is InChI=1S/C15H22N4O3/c1-11-17-13(19-5-8-21-9-6-19)10-14(18-11)22-7-4-16-15(20)12-2-3-12/h10,12H,2-9H2,1H3,(H,16,20). The molecular formula is C15H22N4O3. The SMILES string of the molecule is Cc1nc(OCCNC(=O)C2CC2)cc(N2CCOCC2)n1. The van der Waals surface area contributed by atoms with Crippen LogP contribution in [0, 0.1) is 12.8 Å². The number of carbonyl (C=O) groups is 1. The highest BCUT2D eigenvalue weighted by atomic mass is 16.5. The molecule has 0 radical (unpaired) electrons. The highest BCUT2D eigenvalue weighted by Crippen LogP contribution is 2.28. The molecule has 0 aromatic carbocycles. The predicted molar refractivity (Wildman–Crippen MR) is 81.0 cm³/mol. The van der Waals surface area contributed by atoms with Crippen molar-refractivity contribution in [3.8, 4) is 5.88 Å². The molecule has 1 saturated carbocycles. The molecule has 0 spiro atoms. The first-order valence-electron chi connectivity index (χ1n) is 7.81. The molecule has 7 heteroatoms. The van der Waals surface area contributed by atoms with E-state index < -0.39 is 0 Å². The van der Waals surface area contributed by atoms with Crippen molar-refractivity contribution >= 4 is 11.7 Å². The third-order valence-electron chi connectivity index (χ3n) is 3.74. The highest BCUT2D eigenvalue weighted by molar-refractivity contribution is 5.80. The second-order valence-corrected chi connectivity index (χ2v) is 5.62. The van der Waals surface area contributed by atoms with Gasteiger partial charge in [0, 0.05) is 25.1 Å². The molecule has 0 unspecified atom stereocenters. The molecule has 1 aliphatic carbocycles. The fourth-order valence-electron chi connectivity index (χ4n) is 2.37. The van der Waals surface area contributed by atoms with Crippen LogP contribution in [0.25, 0.3) is 0 Å². The van der Waals surface area contributed by atoms with Crippen molar-refractivity contribution in [1.29, 1.82) is 0 Å². The van der Waals surface area contributed by atoms with Crippen LogP contribution in [0.3, 0.4) is 0 Å². The summed E-state index contributed by atoms with van der Waals surface area (Å²) in [7, 11) is 0. The van der Waals surface area contributed by atoms with Crippen LogP contribution in [0.4, 0.5) is 5.82 Å². The molecule has 1 amide bonds. The summed E-state index contributed by atoms with van der Waals surface area (Å²) in [5.74, 6) is 2.47. The minimum atomic E-state index is 0.136. The monoisotopic (exact) mass is 306 g/mol. The van der Waals surface area contributed by atoms with Gasteiger partial charge in [-0.25, -0.2) is 4.98 Å². The van der Waals surface area contributed by atoms with Crippen molar-refractivity contribution in [3.05, 3.63) is 11.9 Å². The Morgan fingerprint density at radius 1 is 1.41 bits per heavy atom. The van der Waals surface area contributed by atoms with Crippen LogP contribution >= 0.6 is 0 Å². The van der Waals surface area contributed by atoms with Gasteiger partial charge >= 0.3 is 0 Å². The molecule has 2 heterocycles. The number of carbonyl (C=O) groups excluding carboxylic acids is 1. The Balaban J connectivity index is 1.51. The number of aryl methyl sites for hydroxylation is 1. The summed E-state index contributed by atoms with van der Waals surface area (Å²) in [6.07, 6.45) is 2.03. The number of anilines is 1. The van der Waals surface area contributed by atoms with E-state index in [1.807, 2.05) is 13.0 Å². The van der Waals surface area contributed by atoms with Crippen LogP contribution in [0.5, 0.6) is 5.88 Å². The molecule has 120 valence electrons. The molecule has 7 nitrogen and oxygen atoms in total. The molecule has 2 fully saturated rings. The molecule has 22 heavy (non-hydrogen) atoms. The summed E-state index contributed by atoms with van der Waals surface area (Å²) in [4.78, 5) is 22.4. The van der Waals surface area contributed by atoms with Crippen LogP contribution in [-0.4, -0.2) is 55.3 Å². The maximum Gasteiger partial charge on any atom is 0.223 e. The lowest BCUT2D eigenvalue weighted by Gasteiger charge is -2.28.